The maximum Gasteiger partial charge on any atom is 0.310 e. The van der Waals surface area contributed by atoms with Crippen LogP contribution in [0.4, 0.5) is 5.69 Å². The molecule has 2 N–H and O–H groups in total. The predicted octanol–water partition coefficient (Wildman–Crippen LogP) is 2.43. The third-order valence-electron chi connectivity index (χ3n) is 2.87. The van der Waals surface area contributed by atoms with Crippen LogP contribution in [0.5, 0.6) is 0 Å². The van der Waals surface area contributed by atoms with Gasteiger partial charge in [0.2, 0.25) is 0 Å². The Morgan fingerprint density at radius 3 is 2.50 bits per heavy atom. The summed E-state index contributed by atoms with van der Waals surface area (Å²) < 4.78 is 5.18. The number of esters is 1. The monoisotopic (exact) mass is 266 g/mol. The lowest BCUT2D eigenvalue weighted by atomic mass is 10.1. The molecule has 2 rings (SSSR count). The standard InChI is InChI=1S/C16H14N2O2/c17-10-12-5-7-13(8-6-12)11-20-16(19)9-14-3-1-2-4-15(14)18/h1-8H,9,11,18H2. The maximum atomic E-state index is 11.7. The van der Waals surface area contributed by atoms with E-state index in [4.69, 9.17) is 15.7 Å². The van der Waals surface area contributed by atoms with Crippen LogP contribution in [0.2, 0.25) is 0 Å². The van der Waals surface area contributed by atoms with Gasteiger partial charge in [-0.05, 0) is 29.3 Å². The lowest BCUT2D eigenvalue weighted by Crippen LogP contribution is -2.09. The summed E-state index contributed by atoms with van der Waals surface area (Å²) in [7, 11) is 0. The molecule has 4 heteroatoms. The summed E-state index contributed by atoms with van der Waals surface area (Å²) in [5, 5.41) is 8.69. The Hall–Kier alpha value is -2.80. The smallest absolute Gasteiger partial charge is 0.310 e. The van der Waals surface area contributed by atoms with Gasteiger partial charge >= 0.3 is 5.97 Å². The number of ether oxygens (including phenoxy) is 1. The van der Waals surface area contributed by atoms with Crippen molar-refractivity contribution >= 4 is 11.7 Å². The number of carbonyl (C=O) groups is 1. The summed E-state index contributed by atoms with van der Waals surface area (Å²) in [5.74, 6) is -0.327. The van der Waals surface area contributed by atoms with Gasteiger partial charge in [-0.15, -0.1) is 0 Å². The van der Waals surface area contributed by atoms with Crippen molar-refractivity contribution in [1.82, 2.24) is 0 Å². The van der Waals surface area contributed by atoms with Crippen molar-refractivity contribution in [1.29, 1.82) is 5.26 Å². The summed E-state index contributed by atoms with van der Waals surface area (Å²) in [4.78, 5) is 11.7. The quantitative estimate of drug-likeness (QED) is 0.681. The molecule has 2 aromatic rings. The Bertz CT molecular complexity index is 642. The highest BCUT2D eigenvalue weighted by Gasteiger charge is 2.07. The lowest BCUT2D eigenvalue weighted by Gasteiger charge is -2.07. The second kappa shape index (κ2) is 6.39. The van der Waals surface area contributed by atoms with Crippen molar-refractivity contribution in [2.45, 2.75) is 13.0 Å². The lowest BCUT2D eigenvalue weighted by molar-refractivity contribution is -0.144. The fraction of sp³-hybridized carbons (Fsp3) is 0.125. The second-order valence-corrected chi connectivity index (χ2v) is 4.35. The van der Waals surface area contributed by atoms with Crippen LogP contribution in [-0.2, 0) is 22.6 Å². The van der Waals surface area contributed by atoms with Gasteiger partial charge < -0.3 is 10.5 Å². The Morgan fingerprint density at radius 1 is 1.15 bits per heavy atom. The Balaban J connectivity index is 1.89. The van der Waals surface area contributed by atoms with Gasteiger partial charge in [-0.2, -0.15) is 5.26 Å². The fourth-order valence-corrected chi connectivity index (χ4v) is 1.74. The van der Waals surface area contributed by atoms with Crippen LogP contribution >= 0.6 is 0 Å². The van der Waals surface area contributed by atoms with E-state index >= 15 is 0 Å². The number of benzene rings is 2. The zero-order valence-electron chi connectivity index (χ0n) is 10.9. The van der Waals surface area contributed by atoms with Crippen LogP contribution in [0.1, 0.15) is 16.7 Å². The average Bonchev–Trinajstić information content (AvgIpc) is 2.48. The third kappa shape index (κ3) is 3.59. The third-order valence-corrected chi connectivity index (χ3v) is 2.87. The molecular weight excluding hydrogens is 252 g/mol. The Morgan fingerprint density at radius 2 is 1.85 bits per heavy atom. The van der Waals surface area contributed by atoms with Crippen molar-refractivity contribution in [3.63, 3.8) is 0 Å². The number of anilines is 1. The number of nitrogens with zero attached hydrogens (tertiary/aromatic N) is 1. The van der Waals surface area contributed by atoms with E-state index in [0.717, 1.165) is 11.1 Å². The summed E-state index contributed by atoms with van der Waals surface area (Å²) >= 11 is 0. The normalized spacial score (nSPS) is 9.75. The van der Waals surface area contributed by atoms with Gasteiger partial charge in [-0.3, -0.25) is 4.79 Å². The van der Waals surface area contributed by atoms with Crippen molar-refractivity contribution in [3.8, 4) is 6.07 Å². The van der Waals surface area contributed by atoms with Crippen molar-refractivity contribution in [2.24, 2.45) is 0 Å². The van der Waals surface area contributed by atoms with Gasteiger partial charge in [0.1, 0.15) is 6.61 Å². The SMILES string of the molecule is N#Cc1ccc(COC(=O)Cc2ccccc2N)cc1. The molecular formula is C16H14N2O2. The van der Waals surface area contributed by atoms with Gasteiger partial charge in [0.25, 0.3) is 0 Å². The Kier molecular flexibility index (Phi) is 4.35. The molecule has 100 valence electrons. The number of hydrogen-bond acceptors (Lipinski definition) is 4. The van der Waals surface area contributed by atoms with Crippen LogP contribution in [-0.4, -0.2) is 5.97 Å². The van der Waals surface area contributed by atoms with Gasteiger partial charge in [0, 0.05) is 5.69 Å². The van der Waals surface area contributed by atoms with Gasteiger partial charge in [-0.25, -0.2) is 0 Å². The van der Waals surface area contributed by atoms with E-state index in [2.05, 4.69) is 0 Å². The fourth-order valence-electron chi connectivity index (χ4n) is 1.74. The molecule has 0 aliphatic heterocycles. The largest absolute Gasteiger partial charge is 0.461 e. The zero-order valence-corrected chi connectivity index (χ0v) is 10.9. The molecule has 0 aliphatic rings. The van der Waals surface area contributed by atoms with Crippen LogP contribution in [0, 0.1) is 11.3 Å². The minimum Gasteiger partial charge on any atom is -0.461 e. The van der Waals surface area contributed by atoms with Crippen LogP contribution in [0.15, 0.2) is 48.5 Å². The van der Waals surface area contributed by atoms with Gasteiger partial charge in [0.15, 0.2) is 0 Å². The molecule has 0 aliphatic carbocycles. The highest BCUT2D eigenvalue weighted by molar-refractivity contribution is 5.74. The molecule has 20 heavy (non-hydrogen) atoms. The molecule has 0 saturated heterocycles. The number of nitriles is 1. The van der Waals surface area contributed by atoms with E-state index < -0.39 is 0 Å². The molecule has 0 fully saturated rings. The van der Waals surface area contributed by atoms with E-state index in [1.165, 1.54) is 0 Å². The number of carbonyl (C=O) groups excluding carboxylic acids is 1. The van der Waals surface area contributed by atoms with Crippen molar-refractivity contribution in [3.05, 3.63) is 65.2 Å². The first kappa shape index (κ1) is 13.6. The maximum absolute atomic E-state index is 11.7. The van der Waals surface area contributed by atoms with Crippen molar-refractivity contribution < 1.29 is 9.53 Å². The summed E-state index contributed by atoms with van der Waals surface area (Å²) in [6.07, 6.45) is 0.156. The predicted molar refractivity (Wildman–Crippen MR) is 75.5 cm³/mol. The van der Waals surface area contributed by atoms with Crippen LogP contribution in [0.25, 0.3) is 0 Å². The zero-order chi connectivity index (χ0) is 14.4. The van der Waals surface area contributed by atoms with E-state index in [1.807, 2.05) is 18.2 Å². The van der Waals surface area contributed by atoms with E-state index in [0.29, 0.717) is 11.3 Å². The molecule has 0 aromatic heterocycles. The van der Waals surface area contributed by atoms with Gasteiger partial charge in [-0.1, -0.05) is 30.3 Å². The number of hydrogen-bond donors (Lipinski definition) is 1. The topological polar surface area (TPSA) is 76.1 Å². The van der Waals surface area contributed by atoms with E-state index in [9.17, 15) is 4.79 Å². The first-order chi connectivity index (χ1) is 9.69. The van der Waals surface area contributed by atoms with Crippen molar-refractivity contribution in [2.75, 3.05) is 5.73 Å². The minimum atomic E-state index is -0.327. The summed E-state index contributed by atoms with van der Waals surface area (Å²) in [6.45, 7) is 0.192. The first-order valence-electron chi connectivity index (χ1n) is 6.17. The van der Waals surface area contributed by atoms with Crippen LogP contribution < -0.4 is 5.73 Å². The summed E-state index contributed by atoms with van der Waals surface area (Å²) in [6, 6.07) is 16.2. The average molecular weight is 266 g/mol. The molecule has 0 bridgehead atoms. The van der Waals surface area contributed by atoms with Crippen LogP contribution in [0.3, 0.4) is 0 Å². The van der Waals surface area contributed by atoms with E-state index in [1.54, 1.807) is 36.4 Å². The van der Waals surface area contributed by atoms with E-state index in [-0.39, 0.29) is 19.0 Å². The Labute approximate surface area is 117 Å². The first-order valence-corrected chi connectivity index (χ1v) is 6.17. The summed E-state index contributed by atoms with van der Waals surface area (Å²) in [5.41, 5.74) is 8.54. The van der Waals surface area contributed by atoms with Gasteiger partial charge in [0.05, 0.1) is 18.1 Å². The molecule has 0 unspecified atom stereocenters. The molecule has 0 heterocycles. The minimum absolute atomic E-state index is 0.156. The number of rotatable bonds is 4. The number of para-hydroxylation sites is 1. The molecule has 0 amide bonds. The highest BCUT2D eigenvalue weighted by atomic mass is 16.5. The molecule has 0 atom stereocenters. The second-order valence-electron chi connectivity index (χ2n) is 4.35. The molecule has 0 radical (unpaired) electrons. The number of nitrogens with two attached hydrogens (primary N) is 1. The molecule has 0 spiro atoms. The molecule has 4 nitrogen and oxygen atoms in total. The highest BCUT2D eigenvalue weighted by Crippen LogP contribution is 2.12. The molecule has 0 saturated carbocycles. The molecule has 2 aromatic carbocycles. The number of nitrogen functional groups attached to an aromatic ring is 1.